The zero-order valence-corrected chi connectivity index (χ0v) is 13.3. The van der Waals surface area contributed by atoms with Crippen molar-refractivity contribution in [2.75, 3.05) is 13.7 Å². The summed E-state index contributed by atoms with van der Waals surface area (Å²) < 4.78 is 10.2. The van der Waals surface area contributed by atoms with Crippen molar-refractivity contribution < 1.29 is 19.1 Å². The molecule has 1 heterocycles. The third-order valence-corrected chi connectivity index (χ3v) is 4.36. The standard InChI is InChI=1S/C15H26N2O4/c1-14(2,3)21-13(19)17-8-5-10(9-15(17)6-7-15)11(16)12(18)20-4/h10-11H,5-9,16H2,1-4H3. The average Bonchev–Trinajstić information content (AvgIpc) is 3.14. The maximum Gasteiger partial charge on any atom is 0.410 e. The normalized spacial score (nSPS) is 25.4. The average molecular weight is 298 g/mol. The van der Waals surface area contributed by atoms with E-state index in [1.54, 1.807) is 0 Å². The summed E-state index contributed by atoms with van der Waals surface area (Å²) in [6.07, 6.45) is 3.11. The second kappa shape index (κ2) is 5.48. The van der Waals surface area contributed by atoms with Crippen molar-refractivity contribution in [3.8, 4) is 0 Å². The topological polar surface area (TPSA) is 81.9 Å². The van der Waals surface area contributed by atoms with E-state index in [-0.39, 0.29) is 23.5 Å². The van der Waals surface area contributed by atoms with Crippen LogP contribution in [0.1, 0.15) is 46.5 Å². The number of hydrogen-bond donors (Lipinski definition) is 1. The van der Waals surface area contributed by atoms with Crippen molar-refractivity contribution >= 4 is 12.1 Å². The van der Waals surface area contributed by atoms with Gasteiger partial charge in [-0.25, -0.2) is 4.79 Å². The molecule has 21 heavy (non-hydrogen) atoms. The van der Waals surface area contributed by atoms with Crippen LogP contribution in [0.5, 0.6) is 0 Å². The van der Waals surface area contributed by atoms with Gasteiger partial charge in [0.25, 0.3) is 0 Å². The molecule has 1 saturated heterocycles. The van der Waals surface area contributed by atoms with Gasteiger partial charge in [0.05, 0.1) is 7.11 Å². The summed E-state index contributed by atoms with van der Waals surface area (Å²) in [5.74, 6) is -0.305. The van der Waals surface area contributed by atoms with E-state index in [0.29, 0.717) is 13.0 Å². The number of nitrogens with two attached hydrogens (primary N) is 1. The van der Waals surface area contributed by atoms with Crippen LogP contribution in [0.3, 0.4) is 0 Å². The molecule has 0 aromatic heterocycles. The number of esters is 1. The van der Waals surface area contributed by atoms with Crippen LogP contribution in [0.25, 0.3) is 0 Å². The Bertz CT molecular complexity index is 426. The third-order valence-electron chi connectivity index (χ3n) is 4.36. The highest BCUT2D eigenvalue weighted by atomic mass is 16.6. The highest BCUT2D eigenvalue weighted by Crippen LogP contribution is 2.50. The van der Waals surface area contributed by atoms with Gasteiger partial charge in [-0.15, -0.1) is 0 Å². The molecule has 2 rings (SSSR count). The Balaban J connectivity index is 2.01. The van der Waals surface area contributed by atoms with Crippen LogP contribution in [0.15, 0.2) is 0 Å². The number of piperidine rings is 1. The summed E-state index contributed by atoms with van der Waals surface area (Å²) in [7, 11) is 1.35. The van der Waals surface area contributed by atoms with Crippen molar-refractivity contribution in [3.05, 3.63) is 0 Å². The zero-order valence-electron chi connectivity index (χ0n) is 13.3. The number of likely N-dealkylation sites (tertiary alicyclic amines) is 1. The molecule has 2 unspecified atom stereocenters. The van der Waals surface area contributed by atoms with E-state index in [4.69, 9.17) is 15.2 Å². The molecule has 0 aromatic rings. The van der Waals surface area contributed by atoms with Crippen LogP contribution < -0.4 is 5.73 Å². The van der Waals surface area contributed by atoms with Crippen molar-refractivity contribution in [1.82, 2.24) is 4.90 Å². The highest BCUT2D eigenvalue weighted by Gasteiger charge is 2.55. The summed E-state index contributed by atoms with van der Waals surface area (Å²) in [5, 5.41) is 0. The minimum absolute atomic E-state index is 0.0682. The molecule has 0 radical (unpaired) electrons. The number of carbonyl (C=O) groups excluding carboxylic acids is 2. The van der Waals surface area contributed by atoms with Crippen LogP contribution in [0, 0.1) is 5.92 Å². The Morgan fingerprint density at radius 2 is 1.95 bits per heavy atom. The van der Waals surface area contributed by atoms with E-state index in [1.807, 2.05) is 25.7 Å². The summed E-state index contributed by atoms with van der Waals surface area (Å²) in [6, 6.07) is -0.603. The van der Waals surface area contributed by atoms with Crippen LogP contribution in [0.2, 0.25) is 0 Å². The second-order valence-corrected chi connectivity index (χ2v) is 7.16. The van der Waals surface area contributed by atoms with Gasteiger partial charge in [0.1, 0.15) is 11.6 Å². The molecule has 1 aliphatic heterocycles. The fourth-order valence-electron chi connectivity index (χ4n) is 3.09. The van der Waals surface area contributed by atoms with E-state index in [2.05, 4.69) is 0 Å². The lowest BCUT2D eigenvalue weighted by atomic mass is 9.84. The second-order valence-electron chi connectivity index (χ2n) is 7.16. The van der Waals surface area contributed by atoms with Gasteiger partial charge in [0.15, 0.2) is 0 Å². The van der Waals surface area contributed by atoms with Crippen LogP contribution >= 0.6 is 0 Å². The lowest BCUT2D eigenvalue weighted by Gasteiger charge is -2.41. The Hall–Kier alpha value is -1.30. The quantitative estimate of drug-likeness (QED) is 0.784. The van der Waals surface area contributed by atoms with Gasteiger partial charge in [-0.05, 0) is 52.4 Å². The van der Waals surface area contributed by atoms with Gasteiger partial charge in [-0.1, -0.05) is 0 Å². The van der Waals surface area contributed by atoms with Gasteiger partial charge < -0.3 is 20.1 Å². The number of carbonyl (C=O) groups is 2. The maximum atomic E-state index is 12.3. The molecule has 1 aliphatic carbocycles. The first-order chi connectivity index (χ1) is 9.68. The van der Waals surface area contributed by atoms with Crippen molar-refractivity contribution in [2.45, 2.75) is 63.6 Å². The van der Waals surface area contributed by atoms with Crippen LogP contribution in [-0.4, -0.2) is 47.8 Å². The van der Waals surface area contributed by atoms with Gasteiger partial charge in [0.2, 0.25) is 0 Å². The molecular formula is C15H26N2O4. The van der Waals surface area contributed by atoms with E-state index in [1.165, 1.54) is 7.11 Å². The monoisotopic (exact) mass is 298 g/mol. The zero-order chi connectivity index (χ0) is 15.8. The molecule has 0 bridgehead atoms. The number of methoxy groups -OCH3 is 1. The molecule has 120 valence electrons. The Morgan fingerprint density at radius 3 is 2.43 bits per heavy atom. The first kappa shape index (κ1) is 16.1. The molecule has 0 aromatic carbocycles. The molecule has 2 fully saturated rings. The number of amides is 1. The SMILES string of the molecule is COC(=O)C(N)C1CCN(C(=O)OC(C)(C)C)C2(CC2)C1. The Kier molecular flexibility index (Phi) is 4.19. The van der Waals surface area contributed by atoms with E-state index < -0.39 is 11.6 Å². The minimum Gasteiger partial charge on any atom is -0.468 e. The van der Waals surface area contributed by atoms with Crippen molar-refractivity contribution in [3.63, 3.8) is 0 Å². The van der Waals surface area contributed by atoms with Gasteiger partial charge in [-0.2, -0.15) is 0 Å². The smallest absolute Gasteiger partial charge is 0.410 e. The van der Waals surface area contributed by atoms with Crippen LogP contribution in [0.4, 0.5) is 4.79 Å². The maximum absolute atomic E-state index is 12.3. The lowest BCUT2D eigenvalue weighted by molar-refractivity contribution is -0.144. The molecule has 2 aliphatic rings. The predicted molar refractivity (Wildman–Crippen MR) is 77.6 cm³/mol. The molecular weight excluding hydrogens is 272 g/mol. The number of ether oxygens (including phenoxy) is 2. The van der Waals surface area contributed by atoms with Crippen molar-refractivity contribution in [2.24, 2.45) is 11.7 Å². The summed E-state index contributed by atoms with van der Waals surface area (Å²) in [5.41, 5.74) is 5.32. The Morgan fingerprint density at radius 1 is 1.33 bits per heavy atom. The van der Waals surface area contributed by atoms with Gasteiger partial charge >= 0.3 is 12.1 Å². The van der Waals surface area contributed by atoms with Crippen molar-refractivity contribution in [1.29, 1.82) is 0 Å². The first-order valence-electron chi connectivity index (χ1n) is 7.52. The summed E-state index contributed by atoms with van der Waals surface area (Å²) in [4.78, 5) is 25.7. The molecule has 1 spiro atoms. The lowest BCUT2D eigenvalue weighted by Crippen LogP contribution is -2.53. The molecule has 6 nitrogen and oxygen atoms in total. The number of nitrogens with zero attached hydrogens (tertiary/aromatic N) is 1. The number of hydrogen-bond acceptors (Lipinski definition) is 5. The molecule has 1 saturated carbocycles. The third kappa shape index (κ3) is 3.48. The highest BCUT2D eigenvalue weighted by molar-refractivity contribution is 5.76. The predicted octanol–water partition coefficient (Wildman–Crippen LogP) is 1.67. The summed E-state index contributed by atoms with van der Waals surface area (Å²) in [6.45, 7) is 6.18. The molecule has 6 heteroatoms. The fraction of sp³-hybridized carbons (Fsp3) is 0.867. The summed E-state index contributed by atoms with van der Waals surface area (Å²) >= 11 is 0. The molecule has 2 atom stereocenters. The van der Waals surface area contributed by atoms with Gasteiger partial charge in [0, 0.05) is 12.1 Å². The van der Waals surface area contributed by atoms with Gasteiger partial charge in [-0.3, -0.25) is 4.79 Å². The minimum atomic E-state index is -0.603. The molecule has 2 N–H and O–H groups in total. The first-order valence-corrected chi connectivity index (χ1v) is 7.52. The van der Waals surface area contributed by atoms with E-state index in [9.17, 15) is 9.59 Å². The molecule has 1 amide bonds. The van der Waals surface area contributed by atoms with E-state index >= 15 is 0 Å². The largest absolute Gasteiger partial charge is 0.468 e. The fourth-order valence-corrected chi connectivity index (χ4v) is 3.09. The number of rotatable bonds is 2. The van der Waals surface area contributed by atoms with Crippen LogP contribution in [-0.2, 0) is 14.3 Å². The van der Waals surface area contributed by atoms with E-state index in [0.717, 1.165) is 19.3 Å². The Labute approximate surface area is 125 Å².